The van der Waals surface area contributed by atoms with Gasteiger partial charge in [-0.1, -0.05) is 19.8 Å². The van der Waals surface area contributed by atoms with Crippen molar-refractivity contribution in [3.63, 3.8) is 0 Å². The monoisotopic (exact) mass is 499 g/mol. The fraction of sp³-hybridized carbons (Fsp3) is 0.643. The molecule has 0 radical (unpaired) electrons. The summed E-state index contributed by atoms with van der Waals surface area (Å²) < 4.78 is 30.2. The summed E-state index contributed by atoms with van der Waals surface area (Å²) in [4.78, 5) is 20.4. The molecule has 1 unspecified atom stereocenters. The number of benzene rings is 1. The maximum Gasteiger partial charge on any atom is 0.242 e. The van der Waals surface area contributed by atoms with E-state index in [9.17, 15) is 13.6 Å². The molecule has 2 aromatic rings. The molecule has 1 aromatic heterocycles. The average Bonchev–Trinajstić information content (AvgIpc) is 3.30. The number of carbonyl (C=O) groups is 1. The first-order valence-electron chi connectivity index (χ1n) is 13.8. The minimum absolute atomic E-state index is 0.0277. The lowest BCUT2D eigenvalue weighted by Crippen LogP contribution is -2.50. The molecule has 0 spiro atoms. The van der Waals surface area contributed by atoms with Crippen LogP contribution in [0, 0.1) is 11.6 Å². The van der Waals surface area contributed by atoms with E-state index >= 15 is 0 Å². The Hall–Kier alpha value is -2.32. The van der Waals surface area contributed by atoms with Crippen molar-refractivity contribution < 1.29 is 13.6 Å². The van der Waals surface area contributed by atoms with Crippen LogP contribution in [0.3, 0.4) is 0 Å². The van der Waals surface area contributed by atoms with Crippen LogP contribution in [0.5, 0.6) is 0 Å². The number of aromatic nitrogens is 2. The summed E-state index contributed by atoms with van der Waals surface area (Å²) in [7, 11) is 0. The van der Waals surface area contributed by atoms with E-state index in [0.717, 1.165) is 43.9 Å². The number of hydrogen-bond acceptors (Lipinski definition) is 4. The van der Waals surface area contributed by atoms with Crippen molar-refractivity contribution in [3.8, 4) is 0 Å². The smallest absolute Gasteiger partial charge is 0.242 e. The van der Waals surface area contributed by atoms with Crippen LogP contribution in [0.15, 0.2) is 24.7 Å². The number of carbonyl (C=O) groups excluding carboxylic acids is 1. The summed E-state index contributed by atoms with van der Waals surface area (Å²) in [5.41, 5.74) is 1.39. The second-order valence-electron chi connectivity index (χ2n) is 11.0. The van der Waals surface area contributed by atoms with Gasteiger partial charge in [-0.05, 0) is 88.1 Å². The summed E-state index contributed by atoms with van der Waals surface area (Å²) in [6.07, 6.45) is 14.6. The minimum Gasteiger partial charge on any atom is -0.328 e. The highest BCUT2D eigenvalue weighted by Gasteiger charge is 2.40. The highest BCUT2D eigenvalue weighted by Crippen LogP contribution is 2.40. The van der Waals surface area contributed by atoms with Gasteiger partial charge in [-0.2, -0.15) is 0 Å². The molecular formula is C28H39F2N5O. The second kappa shape index (κ2) is 11.0. The first-order valence-corrected chi connectivity index (χ1v) is 13.8. The fourth-order valence-corrected chi connectivity index (χ4v) is 6.27. The molecule has 1 saturated carbocycles. The van der Waals surface area contributed by atoms with Crippen molar-refractivity contribution in [2.24, 2.45) is 0 Å². The molecule has 8 heteroatoms. The molecule has 2 aliphatic carbocycles. The van der Waals surface area contributed by atoms with E-state index in [-0.39, 0.29) is 23.5 Å². The number of nitrogens with one attached hydrogen (secondary N) is 2. The van der Waals surface area contributed by atoms with Crippen molar-refractivity contribution >= 4 is 11.7 Å². The number of likely N-dealkylation sites (tertiary alicyclic amines) is 1. The van der Waals surface area contributed by atoms with Crippen LogP contribution in [0.4, 0.5) is 14.6 Å². The van der Waals surface area contributed by atoms with Crippen LogP contribution >= 0.6 is 0 Å². The third-order valence-electron chi connectivity index (χ3n) is 8.43. The fourth-order valence-electron chi connectivity index (χ4n) is 6.27. The third kappa shape index (κ3) is 5.49. The molecule has 3 aliphatic rings. The normalized spacial score (nSPS) is 22.5. The van der Waals surface area contributed by atoms with E-state index in [0.29, 0.717) is 30.6 Å². The number of fused-ring (bicyclic) bond motifs is 1. The Morgan fingerprint density at radius 1 is 1.19 bits per heavy atom. The van der Waals surface area contributed by atoms with E-state index in [1.165, 1.54) is 44.8 Å². The molecule has 2 heterocycles. The van der Waals surface area contributed by atoms with Crippen LogP contribution < -0.4 is 10.6 Å². The molecule has 2 N–H and O–H groups in total. The number of anilines is 1. The Bertz CT molecular complexity index is 1060. The molecule has 1 saturated heterocycles. The molecule has 1 aromatic carbocycles. The SMILES string of the molecule is CCC[C@H](NC1CCc2cc(F)cc(F)c2C1)C(=O)Nc1cn(C2(CN3CCCCC3)CCC2)cn1. The second-order valence-corrected chi connectivity index (χ2v) is 11.0. The average molecular weight is 500 g/mol. The quantitative estimate of drug-likeness (QED) is 0.521. The lowest BCUT2D eigenvalue weighted by atomic mass is 9.76. The van der Waals surface area contributed by atoms with Gasteiger partial charge in [0.25, 0.3) is 0 Å². The Balaban J connectivity index is 1.22. The molecule has 2 atom stereocenters. The lowest BCUT2D eigenvalue weighted by Gasteiger charge is -2.46. The highest BCUT2D eigenvalue weighted by molar-refractivity contribution is 5.94. The molecule has 196 valence electrons. The maximum atomic E-state index is 14.4. The number of piperidine rings is 1. The molecule has 1 amide bonds. The van der Waals surface area contributed by atoms with Gasteiger partial charge in [-0.15, -0.1) is 0 Å². The highest BCUT2D eigenvalue weighted by atomic mass is 19.1. The van der Waals surface area contributed by atoms with Gasteiger partial charge in [0.2, 0.25) is 5.91 Å². The Labute approximate surface area is 212 Å². The van der Waals surface area contributed by atoms with Gasteiger partial charge in [-0.3, -0.25) is 4.79 Å². The van der Waals surface area contributed by atoms with Gasteiger partial charge in [0.15, 0.2) is 5.82 Å². The van der Waals surface area contributed by atoms with Gasteiger partial charge in [-0.25, -0.2) is 13.8 Å². The van der Waals surface area contributed by atoms with Crippen LogP contribution in [0.25, 0.3) is 0 Å². The largest absolute Gasteiger partial charge is 0.328 e. The van der Waals surface area contributed by atoms with Gasteiger partial charge >= 0.3 is 0 Å². The van der Waals surface area contributed by atoms with Crippen LogP contribution in [-0.2, 0) is 23.2 Å². The zero-order chi connectivity index (χ0) is 25.1. The van der Waals surface area contributed by atoms with Crippen molar-refractivity contribution in [1.82, 2.24) is 19.8 Å². The molecular weight excluding hydrogens is 460 g/mol. The summed E-state index contributed by atoms with van der Waals surface area (Å²) in [5, 5.41) is 6.49. The van der Waals surface area contributed by atoms with Crippen molar-refractivity contribution in [2.45, 2.75) is 95.2 Å². The summed E-state index contributed by atoms with van der Waals surface area (Å²) >= 11 is 0. The molecule has 0 bridgehead atoms. The van der Waals surface area contributed by atoms with E-state index < -0.39 is 11.6 Å². The zero-order valence-corrected chi connectivity index (χ0v) is 21.4. The predicted molar refractivity (Wildman–Crippen MR) is 137 cm³/mol. The number of halogens is 2. The van der Waals surface area contributed by atoms with Crippen molar-refractivity contribution in [1.29, 1.82) is 0 Å². The van der Waals surface area contributed by atoms with E-state index in [1.54, 1.807) is 0 Å². The topological polar surface area (TPSA) is 62.2 Å². The van der Waals surface area contributed by atoms with Crippen LogP contribution in [0.2, 0.25) is 0 Å². The summed E-state index contributed by atoms with van der Waals surface area (Å²) in [6.45, 7) is 5.46. The number of amides is 1. The molecule has 1 aliphatic heterocycles. The van der Waals surface area contributed by atoms with Gasteiger partial charge in [0.1, 0.15) is 11.6 Å². The molecule has 5 rings (SSSR count). The first-order chi connectivity index (χ1) is 17.5. The number of nitrogens with zero attached hydrogens (tertiary/aromatic N) is 3. The van der Waals surface area contributed by atoms with Crippen LogP contribution in [0.1, 0.15) is 75.8 Å². The van der Waals surface area contributed by atoms with E-state index in [4.69, 9.17) is 0 Å². The van der Waals surface area contributed by atoms with E-state index in [1.807, 2.05) is 12.5 Å². The Morgan fingerprint density at radius 3 is 2.72 bits per heavy atom. The standard InChI is InChI=1S/C28H39F2N5O/c1-2-7-25(32-22-9-8-20-14-21(29)15-24(30)23(20)16-22)27(36)33-26-17-35(19-31-26)28(10-6-11-28)18-34-12-4-3-5-13-34/h14-15,17,19,22,25,32H,2-13,16,18H2,1H3,(H,33,36)/t22?,25-/m0/s1. The maximum absolute atomic E-state index is 14.4. The minimum atomic E-state index is -0.528. The lowest BCUT2D eigenvalue weighted by molar-refractivity contribution is -0.118. The van der Waals surface area contributed by atoms with Crippen LogP contribution in [-0.4, -0.2) is 52.1 Å². The molecule has 6 nitrogen and oxygen atoms in total. The first kappa shape index (κ1) is 25.3. The summed E-state index contributed by atoms with van der Waals surface area (Å²) in [6, 6.07) is 1.97. The number of imidazole rings is 1. The number of rotatable bonds is 9. The van der Waals surface area contributed by atoms with Gasteiger partial charge in [0, 0.05) is 24.8 Å². The Kier molecular flexibility index (Phi) is 7.72. The Morgan fingerprint density at radius 2 is 2.00 bits per heavy atom. The zero-order valence-electron chi connectivity index (χ0n) is 21.4. The van der Waals surface area contributed by atoms with E-state index in [2.05, 4.69) is 32.0 Å². The van der Waals surface area contributed by atoms with Gasteiger partial charge < -0.3 is 20.1 Å². The van der Waals surface area contributed by atoms with Crippen molar-refractivity contribution in [2.75, 3.05) is 25.0 Å². The predicted octanol–water partition coefficient (Wildman–Crippen LogP) is 4.78. The van der Waals surface area contributed by atoms with Gasteiger partial charge in [0.05, 0.1) is 17.9 Å². The number of hydrogen-bond donors (Lipinski definition) is 2. The summed E-state index contributed by atoms with van der Waals surface area (Å²) in [5.74, 6) is -0.539. The number of aryl methyl sites for hydroxylation is 1. The third-order valence-corrected chi connectivity index (χ3v) is 8.43. The molecule has 2 fully saturated rings. The van der Waals surface area contributed by atoms with Crippen molar-refractivity contribution in [3.05, 3.63) is 47.4 Å². The molecule has 36 heavy (non-hydrogen) atoms.